The van der Waals surface area contributed by atoms with Crippen molar-refractivity contribution in [2.75, 3.05) is 12.3 Å². The maximum Gasteiger partial charge on any atom is 0.242 e. The summed E-state index contributed by atoms with van der Waals surface area (Å²) in [5.74, 6) is 1.44. The van der Waals surface area contributed by atoms with Gasteiger partial charge < -0.3 is 10.2 Å². The van der Waals surface area contributed by atoms with Crippen LogP contribution in [0.3, 0.4) is 0 Å². The number of hydrogen-bond acceptors (Lipinski definition) is 3. The summed E-state index contributed by atoms with van der Waals surface area (Å²) >= 11 is 1.59. The van der Waals surface area contributed by atoms with Crippen LogP contribution in [0.25, 0.3) is 0 Å². The van der Waals surface area contributed by atoms with Crippen LogP contribution in [0.15, 0.2) is 54.6 Å². The smallest absolute Gasteiger partial charge is 0.242 e. The Labute approximate surface area is 185 Å². The predicted octanol–water partition coefficient (Wildman–Crippen LogP) is 4.81. The summed E-state index contributed by atoms with van der Waals surface area (Å²) in [5.41, 5.74) is 3.39. The van der Waals surface area contributed by atoms with Crippen LogP contribution in [0.4, 0.5) is 0 Å². The molecule has 0 aliphatic carbocycles. The van der Waals surface area contributed by atoms with Crippen LogP contribution < -0.4 is 5.32 Å². The first-order valence-corrected chi connectivity index (χ1v) is 11.8. The zero-order valence-corrected chi connectivity index (χ0v) is 19.4. The third-order valence-electron chi connectivity index (χ3n) is 4.84. The van der Waals surface area contributed by atoms with E-state index in [1.165, 1.54) is 5.56 Å². The highest BCUT2D eigenvalue weighted by Crippen LogP contribution is 2.18. The molecular formula is C25H34N2O2S. The minimum atomic E-state index is -0.464. The van der Waals surface area contributed by atoms with Gasteiger partial charge in [-0.05, 0) is 30.4 Å². The van der Waals surface area contributed by atoms with Crippen molar-refractivity contribution >= 4 is 23.6 Å². The van der Waals surface area contributed by atoms with E-state index in [9.17, 15) is 9.59 Å². The van der Waals surface area contributed by atoms with Crippen molar-refractivity contribution in [1.82, 2.24) is 10.2 Å². The van der Waals surface area contributed by atoms with Gasteiger partial charge in [0.05, 0.1) is 5.75 Å². The van der Waals surface area contributed by atoms with E-state index in [1.54, 1.807) is 16.7 Å². The van der Waals surface area contributed by atoms with E-state index in [4.69, 9.17) is 0 Å². The van der Waals surface area contributed by atoms with E-state index in [0.29, 0.717) is 31.2 Å². The van der Waals surface area contributed by atoms with E-state index in [-0.39, 0.29) is 11.8 Å². The minimum absolute atomic E-state index is 0.00369. The van der Waals surface area contributed by atoms with Gasteiger partial charge in [0.1, 0.15) is 6.04 Å². The zero-order chi connectivity index (χ0) is 21.9. The SMILES string of the molecule is CCC(C(=O)NCC(C)C)N(Cc1cccc(C)c1)C(=O)CSCc1ccccc1. The molecule has 0 aliphatic rings. The number of carbonyl (C=O) groups is 2. The number of rotatable bonds is 11. The number of carbonyl (C=O) groups excluding carboxylic acids is 2. The predicted molar refractivity (Wildman–Crippen MR) is 126 cm³/mol. The van der Waals surface area contributed by atoms with Gasteiger partial charge in [-0.15, -0.1) is 11.8 Å². The molecule has 2 amide bonds. The lowest BCUT2D eigenvalue weighted by Gasteiger charge is -2.31. The van der Waals surface area contributed by atoms with E-state index in [1.807, 2.05) is 50.2 Å². The number of aryl methyl sites for hydroxylation is 1. The molecule has 4 nitrogen and oxygen atoms in total. The molecule has 0 saturated carbocycles. The fourth-order valence-corrected chi connectivity index (χ4v) is 4.13. The van der Waals surface area contributed by atoms with Gasteiger partial charge in [0.15, 0.2) is 0 Å². The maximum atomic E-state index is 13.2. The van der Waals surface area contributed by atoms with Crippen molar-refractivity contribution in [2.24, 2.45) is 5.92 Å². The van der Waals surface area contributed by atoms with Crippen LogP contribution in [0, 0.1) is 12.8 Å². The highest BCUT2D eigenvalue weighted by molar-refractivity contribution is 7.99. The lowest BCUT2D eigenvalue weighted by Crippen LogP contribution is -2.50. The second kappa shape index (κ2) is 12.4. The molecule has 0 spiro atoms. The number of amides is 2. The number of nitrogens with one attached hydrogen (secondary N) is 1. The Morgan fingerprint density at radius 2 is 1.73 bits per heavy atom. The van der Waals surface area contributed by atoms with Gasteiger partial charge in [-0.25, -0.2) is 0 Å². The van der Waals surface area contributed by atoms with Crippen LogP contribution in [-0.2, 0) is 21.9 Å². The molecule has 0 heterocycles. The number of thioether (sulfide) groups is 1. The highest BCUT2D eigenvalue weighted by Gasteiger charge is 2.28. The molecule has 0 aliphatic heterocycles. The molecule has 162 valence electrons. The monoisotopic (exact) mass is 426 g/mol. The number of nitrogens with zero attached hydrogens (tertiary/aromatic N) is 1. The first-order chi connectivity index (χ1) is 14.4. The van der Waals surface area contributed by atoms with Crippen molar-refractivity contribution in [2.45, 2.75) is 52.5 Å². The molecule has 2 aromatic rings. The number of benzene rings is 2. The summed E-state index contributed by atoms with van der Waals surface area (Å²) in [6.45, 7) is 9.20. The first-order valence-electron chi connectivity index (χ1n) is 10.6. The normalized spacial score (nSPS) is 11.9. The minimum Gasteiger partial charge on any atom is -0.354 e. The molecule has 0 fully saturated rings. The fraction of sp³-hybridized carbons (Fsp3) is 0.440. The van der Waals surface area contributed by atoms with E-state index >= 15 is 0 Å². The van der Waals surface area contributed by atoms with Crippen LogP contribution >= 0.6 is 11.8 Å². The van der Waals surface area contributed by atoms with Crippen molar-refractivity contribution in [3.63, 3.8) is 0 Å². The lowest BCUT2D eigenvalue weighted by atomic mass is 10.1. The number of hydrogen-bond donors (Lipinski definition) is 1. The Bertz CT molecular complexity index is 808. The average molecular weight is 427 g/mol. The molecule has 0 aromatic heterocycles. The summed E-state index contributed by atoms with van der Waals surface area (Å²) in [6, 6.07) is 17.8. The molecule has 1 N–H and O–H groups in total. The second-order valence-corrected chi connectivity index (χ2v) is 9.04. The molecule has 0 saturated heterocycles. The topological polar surface area (TPSA) is 49.4 Å². The molecule has 0 radical (unpaired) electrons. The fourth-order valence-electron chi connectivity index (χ4n) is 3.26. The van der Waals surface area contributed by atoms with Gasteiger partial charge in [0.25, 0.3) is 0 Å². The van der Waals surface area contributed by atoms with Crippen molar-refractivity contribution in [3.05, 3.63) is 71.3 Å². The lowest BCUT2D eigenvalue weighted by molar-refractivity contribution is -0.139. The third-order valence-corrected chi connectivity index (χ3v) is 5.83. The average Bonchev–Trinajstić information content (AvgIpc) is 2.72. The Kier molecular flexibility index (Phi) is 9.95. The van der Waals surface area contributed by atoms with Crippen LogP contribution in [-0.4, -0.2) is 35.1 Å². The molecule has 1 unspecified atom stereocenters. The molecule has 1 atom stereocenters. The van der Waals surface area contributed by atoms with Gasteiger partial charge in [0, 0.05) is 18.8 Å². The first kappa shape index (κ1) is 24.0. The zero-order valence-electron chi connectivity index (χ0n) is 18.6. The van der Waals surface area contributed by atoms with E-state index in [2.05, 4.69) is 37.4 Å². The molecule has 0 bridgehead atoms. The highest BCUT2D eigenvalue weighted by atomic mass is 32.2. The third kappa shape index (κ3) is 7.86. The maximum absolute atomic E-state index is 13.2. The van der Waals surface area contributed by atoms with Gasteiger partial charge in [-0.3, -0.25) is 9.59 Å². The van der Waals surface area contributed by atoms with Crippen LogP contribution in [0.1, 0.15) is 43.9 Å². The standard InChI is InChI=1S/C25H34N2O2S/c1-5-23(25(29)26-15-19(2)3)27(16-22-13-9-10-20(4)14-22)24(28)18-30-17-21-11-7-6-8-12-21/h6-14,19,23H,5,15-18H2,1-4H3,(H,26,29). The van der Waals surface area contributed by atoms with Crippen molar-refractivity contribution < 1.29 is 9.59 Å². The van der Waals surface area contributed by atoms with E-state index in [0.717, 1.165) is 16.9 Å². The summed E-state index contributed by atoms with van der Waals surface area (Å²) < 4.78 is 0. The molecule has 30 heavy (non-hydrogen) atoms. The summed E-state index contributed by atoms with van der Waals surface area (Å²) in [6.07, 6.45) is 0.588. The van der Waals surface area contributed by atoms with Crippen LogP contribution in [0.5, 0.6) is 0 Å². The van der Waals surface area contributed by atoms with Gasteiger partial charge >= 0.3 is 0 Å². The van der Waals surface area contributed by atoms with Crippen molar-refractivity contribution in [1.29, 1.82) is 0 Å². The molecule has 5 heteroatoms. The van der Waals surface area contributed by atoms with Gasteiger partial charge in [0.2, 0.25) is 11.8 Å². The van der Waals surface area contributed by atoms with Gasteiger partial charge in [-0.2, -0.15) is 0 Å². The largest absolute Gasteiger partial charge is 0.354 e. The Morgan fingerprint density at radius 3 is 2.37 bits per heavy atom. The van der Waals surface area contributed by atoms with Crippen LogP contribution in [0.2, 0.25) is 0 Å². The Hall–Kier alpha value is -2.27. The summed E-state index contributed by atoms with van der Waals surface area (Å²) in [5, 5.41) is 3.01. The summed E-state index contributed by atoms with van der Waals surface area (Å²) in [4.78, 5) is 27.8. The molecule has 2 rings (SSSR count). The molecular weight excluding hydrogens is 392 g/mol. The summed E-state index contributed by atoms with van der Waals surface area (Å²) in [7, 11) is 0. The van der Waals surface area contributed by atoms with Crippen molar-refractivity contribution in [3.8, 4) is 0 Å². The van der Waals surface area contributed by atoms with Gasteiger partial charge in [-0.1, -0.05) is 80.9 Å². The Balaban J connectivity index is 2.11. The quantitative estimate of drug-likeness (QED) is 0.561. The molecule has 2 aromatic carbocycles. The van der Waals surface area contributed by atoms with E-state index < -0.39 is 6.04 Å². The Morgan fingerprint density at radius 1 is 1.03 bits per heavy atom. The second-order valence-electron chi connectivity index (χ2n) is 8.05.